The van der Waals surface area contributed by atoms with Crippen molar-refractivity contribution in [3.05, 3.63) is 29.0 Å². The Hall–Kier alpha value is -1.14. The van der Waals surface area contributed by atoms with E-state index in [1.54, 1.807) is 0 Å². The first kappa shape index (κ1) is 13.9. The Morgan fingerprint density at radius 1 is 1.47 bits per heavy atom. The van der Waals surface area contributed by atoms with Gasteiger partial charge in [-0.2, -0.15) is 0 Å². The summed E-state index contributed by atoms with van der Waals surface area (Å²) >= 11 is 5.48. The van der Waals surface area contributed by atoms with E-state index in [0.717, 1.165) is 18.2 Å². The summed E-state index contributed by atoms with van der Waals surface area (Å²) in [6, 6.07) is 3.09. The largest absolute Gasteiger partial charge is 0.469 e. The van der Waals surface area contributed by atoms with Gasteiger partial charge in [0.15, 0.2) is 9.84 Å². The molecular formula is C10H10ClFO4S. The van der Waals surface area contributed by atoms with Crippen LogP contribution < -0.4 is 0 Å². The van der Waals surface area contributed by atoms with Crippen molar-refractivity contribution in [3.8, 4) is 0 Å². The molecule has 0 amide bonds. The maximum absolute atomic E-state index is 12.9. The van der Waals surface area contributed by atoms with Crippen LogP contribution in [0, 0.1) is 5.82 Å². The van der Waals surface area contributed by atoms with Gasteiger partial charge in [0.25, 0.3) is 0 Å². The lowest BCUT2D eigenvalue weighted by Crippen LogP contribution is -2.12. The maximum atomic E-state index is 12.9. The Morgan fingerprint density at radius 3 is 2.65 bits per heavy atom. The monoisotopic (exact) mass is 280 g/mol. The molecule has 0 spiro atoms. The van der Waals surface area contributed by atoms with Gasteiger partial charge in [0.2, 0.25) is 0 Å². The van der Waals surface area contributed by atoms with Crippen LogP contribution in [0.2, 0.25) is 5.02 Å². The van der Waals surface area contributed by atoms with Crippen LogP contribution in [0.5, 0.6) is 0 Å². The molecule has 1 aromatic rings. The highest BCUT2D eigenvalue weighted by Gasteiger charge is 2.18. The van der Waals surface area contributed by atoms with Crippen LogP contribution in [0.4, 0.5) is 4.39 Å². The van der Waals surface area contributed by atoms with Crippen molar-refractivity contribution < 1.29 is 22.3 Å². The van der Waals surface area contributed by atoms with Crippen LogP contribution in [0.25, 0.3) is 0 Å². The zero-order valence-corrected chi connectivity index (χ0v) is 10.5. The normalized spacial score (nSPS) is 11.2. The fraction of sp³-hybridized carbons (Fsp3) is 0.300. The molecule has 0 atom stereocenters. The minimum Gasteiger partial charge on any atom is -0.469 e. The number of benzene rings is 1. The summed E-state index contributed by atoms with van der Waals surface area (Å²) in [5, 5.41) is -0.274. The van der Waals surface area contributed by atoms with Gasteiger partial charge in [0, 0.05) is 0 Å². The molecule has 0 saturated carbocycles. The number of sulfone groups is 1. The Morgan fingerprint density at radius 2 is 2.12 bits per heavy atom. The van der Waals surface area contributed by atoms with E-state index in [2.05, 4.69) is 4.74 Å². The first-order valence-electron chi connectivity index (χ1n) is 4.61. The molecule has 0 aromatic heterocycles. The molecule has 0 saturated heterocycles. The zero-order valence-electron chi connectivity index (χ0n) is 8.94. The van der Waals surface area contributed by atoms with Crippen LogP contribution >= 0.6 is 11.6 Å². The highest BCUT2D eigenvalue weighted by atomic mass is 35.5. The Labute approximate surface area is 103 Å². The number of methoxy groups -OCH3 is 1. The van der Waals surface area contributed by atoms with Gasteiger partial charge in [-0.05, 0) is 18.2 Å². The molecule has 0 N–H and O–H groups in total. The molecule has 1 aromatic carbocycles. The van der Waals surface area contributed by atoms with Crippen molar-refractivity contribution in [1.82, 2.24) is 0 Å². The standard InChI is InChI=1S/C10H10ClFO4S/c1-16-10(13)4-5-17(14,15)7-2-3-9(12)8(11)6-7/h2-3,6H,4-5H2,1H3. The predicted octanol–water partition coefficient (Wildman–Crippen LogP) is 1.82. The smallest absolute Gasteiger partial charge is 0.306 e. The molecular weight excluding hydrogens is 271 g/mol. The highest BCUT2D eigenvalue weighted by molar-refractivity contribution is 7.91. The molecule has 0 heterocycles. The van der Waals surface area contributed by atoms with Crippen molar-refractivity contribution in [1.29, 1.82) is 0 Å². The molecule has 4 nitrogen and oxygen atoms in total. The van der Waals surface area contributed by atoms with Gasteiger partial charge in [0.05, 0.1) is 29.2 Å². The third-order valence-electron chi connectivity index (χ3n) is 2.05. The molecule has 17 heavy (non-hydrogen) atoms. The summed E-state index contributed by atoms with van der Waals surface area (Å²) in [4.78, 5) is 10.7. The average Bonchev–Trinajstić information content (AvgIpc) is 2.29. The van der Waals surface area contributed by atoms with Gasteiger partial charge in [0.1, 0.15) is 5.82 Å². The molecule has 0 unspecified atom stereocenters. The first-order chi connectivity index (χ1) is 7.86. The Balaban J connectivity index is 2.90. The molecule has 1 rings (SSSR count). The van der Waals surface area contributed by atoms with Crippen LogP contribution in [0.1, 0.15) is 6.42 Å². The van der Waals surface area contributed by atoms with E-state index in [1.165, 1.54) is 7.11 Å². The second kappa shape index (κ2) is 5.46. The highest BCUT2D eigenvalue weighted by Crippen LogP contribution is 2.20. The van der Waals surface area contributed by atoms with Crippen LogP contribution in [-0.2, 0) is 19.4 Å². The number of ether oxygens (including phenoxy) is 1. The Bertz CT molecular complexity index is 527. The number of halogens is 2. The summed E-state index contributed by atoms with van der Waals surface area (Å²) in [6.07, 6.45) is -0.256. The van der Waals surface area contributed by atoms with Crippen LogP contribution in [-0.4, -0.2) is 27.2 Å². The van der Waals surface area contributed by atoms with Crippen molar-refractivity contribution >= 4 is 27.4 Å². The summed E-state index contributed by atoms with van der Waals surface area (Å²) in [5.41, 5.74) is 0. The van der Waals surface area contributed by atoms with Gasteiger partial charge in [-0.1, -0.05) is 11.6 Å². The van der Waals surface area contributed by atoms with Gasteiger partial charge < -0.3 is 4.74 Å². The third-order valence-corrected chi connectivity index (χ3v) is 4.06. The van der Waals surface area contributed by atoms with E-state index in [9.17, 15) is 17.6 Å². The fourth-order valence-electron chi connectivity index (χ4n) is 1.11. The predicted molar refractivity (Wildman–Crippen MR) is 60.1 cm³/mol. The molecule has 0 bridgehead atoms. The Kier molecular flexibility index (Phi) is 4.47. The van der Waals surface area contributed by atoms with Gasteiger partial charge in [-0.3, -0.25) is 4.79 Å². The van der Waals surface area contributed by atoms with Crippen LogP contribution in [0.3, 0.4) is 0 Å². The SMILES string of the molecule is COC(=O)CCS(=O)(=O)c1ccc(F)c(Cl)c1. The lowest BCUT2D eigenvalue weighted by molar-refractivity contribution is -0.140. The van der Waals surface area contributed by atoms with E-state index in [0.29, 0.717) is 0 Å². The van der Waals surface area contributed by atoms with Crippen molar-refractivity contribution in [2.45, 2.75) is 11.3 Å². The number of esters is 1. The van der Waals surface area contributed by atoms with Gasteiger partial charge in [-0.25, -0.2) is 12.8 Å². The molecule has 0 fully saturated rings. The van der Waals surface area contributed by atoms with Gasteiger partial charge in [-0.15, -0.1) is 0 Å². The summed E-state index contributed by atoms with van der Waals surface area (Å²) in [6.45, 7) is 0. The van der Waals surface area contributed by atoms with Crippen molar-refractivity contribution in [2.24, 2.45) is 0 Å². The number of carbonyl (C=O) groups is 1. The zero-order chi connectivity index (χ0) is 13.1. The van der Waals surface area contributed by atoms with Crippen molar-refractivity contribution in [3.63, 3.8) is 0 Å². The van der Waals surface area contributed by atoms with Crippen LogP contribution in [0.15, 0.2) is 23.1 Å². The van der Waals surface area contributed by atoms with Gasteiger partial charge >= 0.3 is 5.97 Å². The fourth-order valence-corrected chi connectivity index (χ4v) is 2.60. The first-order valence-corrected chi connectivity index (χ1v) is 6.64. The quantitative estimate of drug-likeness (QED) is 0.623. The molecule has 94 valence electrons. The lowest BCUT2D eigenvalue weighted by atomic mass is 10.3. The number of hydrogen-bond acceptors (Lipinski definition) is 4. The molecule has 0 aliphatic rings. The minimum absolute atomic E-state index is 0.118. The molecule has 0 aliphatic carbocycles. The van der Waals surface area contributed by atoms with E-state index >= 15 is 0 Å². The second-order valence-electron chi connectivity index (χ2n) is 3.22. The summed E-state index contributed by atoms with van der Waals surface area (Å²) in [5.74, 6) is -1.72. The van der Waals surface area contributed by atoms with E-state index < -0.39 is 27.4 Å². The summed E-state index contributed by atoms with van der Waals surface area (Å²) in [7, 11) is -2.49. The number of rotatable bonds is 4. The number of carbonyl (C=O) groups excluding carboxylic acids is 1. The maximum Gasteiger partial charge on any atom is 0.306 e. The van der Waals surface area contributed by atoms with Crippen molar-refractivity contribution in [2.75, 3.05) is 12.9 Å². The molecule has 0 radical (unpaired) electrons. The third kappa shape index (κ3) is 3.67. The van der Waals surface area contributed by atoms with E-state index in [-0.39, 0.29) is 16.3 Å². The summed E-state index contributed by atoms with van der Waals surface area (Å²) < 4.78 is 40.6. The average molecular weight is 281 g/mol. The van der Waals surface area contributed by atoms with E-state index in [4.69, 9.17) is 11.6 Å². The van der Waals surface area contributed by atoms with E-state index in [1.807, 2.05) is 0 Å². The topological polar surface area (TPSA) is 60.4 Å². The minimum atomic E-state index is -3.66. The number of hydrogen-bond donors (Lipinski definition) is 0. The lowest BCUT2D eigenvalue weighted by Gasteiger charge is -2.04. The molecule has 0 aliphatic heterocycles. The molecule has 7 heteroatoms. The second-order valence-corrected chi connectivity index (χ2v) is 5.74.